The summed E-state index contributed by atoms with van der Waals surface area (Å²) in [5.41, 5.74) is 0.916. The summed E-state index contributed by atoms with van der Waals surface area (Å²) in [5.74, 6) is 0.985. The van der Waals surface area contributed by atoms with Gasteiger partial charge in [0, 0.05) is 18.6 Å². The minimum absolute atomic E-state index is 0.391. The molecule has 1 saturated heterocycles. The van der Waals surface area contributed by atoms with Crippen molar-refractivity contribution in [1.29, 1.82) is 0 Å². The first-order valence-electron chi connectivity index (χ1n) is 6.93. The molecule has 1 heterocycles. The van der Waals surface area contributed by atoms with Crippen LogP contribution in [0.2, 0.25) is 0 Å². The maximum Gasteiger partial charge on any atom is 0.0125 e. The van der Waals surface area contributed by atoms with Gasteiger partial charge in [-0.25, -0.2) is 0 Å². The fourth-order valence-corrected chi connectivity index (χ4v) is 2.39. The number of unbranched alkanes of at least 4 members (excludes halogenated alkanes) is 1. The molecule has 0 spiro atoms. The van der Waals surface area contributed by atoms with E-state index in [1.165, 1.54) is 38.8 Å². The standard InChI is InChI=1S/C15H31N/c1-14(2,3)10-8-7-9-13-11-16(12-13)15(4,5)6/h13H,7-12H2,1-6H3. The highest BCUT2D eigenvalue weighted by Gasteiger charge is 2.33. The van der Waals surface area contributed by atoms with Crippen LogP contribution in [0, 0.1) is 11.3 Å². The second-order valence-corrected chi connectivity index (χ2v) is 7.75. The molecule has 0 saturated carbocycles. The number of nitrogens with zero attached hydrogens (tertiary/aromatic N) is 1. The van der Waals surface area contributed by atoms with Gasteiger partial charge in [0.15, 0.2) is 0 Å². The van der Waals surface area contributed by atoms with E-state index in [9.17, 15) is 0 Å². The van der Waals surface area contributed by atoms with Gasteiger partial charge in [-0.2, -0.15) is 0 Å². The summed E-state index contributed by atoms with van der Waals surface area (Å²) in [6, 6.07) is 0. The highest BCUT2D eigenvalue weighted by molar-refractivity contribution is 4.88. The van der Waals surface area contributed by atoms with Crippen LogP contribution >= 0.6 is 0 Å². The number of likely N-dealkylation sites (tertiary alicyclic amines) is 1. The Bertz CT molecular complexity index is 200. The molecule has 0 amide bonds. The predicted molar refractivity (Wildman–Crippen MR) is 72.7 cm³/mol. The molecule has 96 valence electrons. The molecule has 0 aromatic rings. The van der Waals surface area contributed by atoms with Crippen molar-refractivity contribution in [3.05, 3.63) is 0 Å². The third-order valence-electron chi connectivity index (χ3n) is 3.70. The van der Waals surface area contributed by atoms with E-state index < -0.39 is 0 Å². The second-order valence-electron chi connectivity index (χ2n) is 7.75. The first-order valence-corrected chi connectivity index (χ1v) is 6.93. The molecule has 0 N–H and O–H groups in total. The monoisotopic (exact) mass is 225 g/mol. The van der Waals surface area contributed by atoms with Gasteiger partial charge in [0.25, 0.3) is 0 Å². The molecule has 1 nitrogen and oxygen atoms in total. The Morgan fingerprint density at radius 1 is 0.938 bits per heavy atom. The lowest BCUT2D eigenvalue weighted by Gasteiger charge is -2.48. The zero-order valence-electron chi connectivity index (χ0n) is 12.3. The van der Waals surface area contributed by atoms with Crippen molar-refractivity contribution in [1.82, 2.24) is 4.90 Å². The van der Waals surface area contributed by atoms with Gasteiger partial charge < -0.3 is 0 Å². The molecule has 1 fully saturated rings. The van der Waals surface area contributed by atoms with Crippen LogP contribution in [0.4, 0.5) is 0 Å². The zero-order valence-corrected chi connectivity index (χ0v) is 12.3. The Morgan fingerprint density at radius 2 is 1.50 bits per heavy atom. The maximum absolute atomic E-state index is 2.60. The molecule has 1 aliphatic rings. The van der Waals surface area contributed by atoms with E-state index in [4.69, 9.17) is 0 Å². The number of hydrogen-bond acceptors (Lipinski definition) is 1. The fourth-order valence-electron chi connectivity index (χ4n) is 2.39. The molecule has 1 aliphatic heterocycles. The molecule has 0 bridgehead atoms. The Hall–Kier alpha value is -0.0400. The molecule has 0 aliphatic carbocycles. The lowest BCUT2D eigenvalue weighted by molar-refractivity contribution is 0.00934. The summed E-state index contributed by atoms with van der Waals surface area (Å²) in [4.78, 5) is 2.60. The number of hydrogen-bond donors (Lipinski definition) is 0. The van der Waals surface area contributed by atoms with Crippen molar-refractivity contribution >= 4 is 0 Å². The van der Waals surface area contributed by atoms with Gasteiger partial charge >= 0.3 is 0 Å². The summed E-state index contributed by atoms with van der Waals surface area (Å²) in [5, 5.41) is 0. The zero-order chi connectivity index (χ0) is 12.4. The molecule has 1 heteroatoms. The molecular weight excluding hydrogens is 194 g/mol. The van der Waals surface area contributed by atoms with Crippen LogP contribution < -0.4 is 0 Å². The summed E-state index contributed by atoms with van der Waals surface area (Å²) in [7, 11) is 0. The molecule has 0 radical (unpaired) electrons. The SMILES string of the molecule is CC(C)(C)CCCCC1CN(C(C)(C)C)C1. The lowest BCUT2D eigenvalue weighted by Crippen LogP contribution is -2.55. The molecular formula is C15H31N. The average Bonchev–Trinajstić information content (AvgIpc) is 1.95. The van der Waals surface area contributed by atoms with Crippen molar-refractivity contribution in [2.45, 2.75) is 72.8 Å². The minimum atomic E-state index is 0.391. The highest BCUT2D eigenvalue weighted by Crippen LogP contribution is 2.29. The van der Waals surface area contributed by atoms with E-state index in [1.807, 2.05) is 0 Å². The van der Waals surface area contributed by atoms with E-state index in [0.717, 1.165) is 5.92 Å². The van der Waals surface area contributed by atoms with E-state index >= 15 is 0 Å². The molecule has 0 aromatic carbocycles. The van der Waals surface area contributed by atoms with E-state index in [1.54, 1.807) is 0 Å². The predicted octanol–water partition coefficient (Wildman–Crippen LogP) is 4.32. The van der Waals surface area contributed by atoms with Crippen LogP contribution in [-0.2, 0) is 0 Å². The average molecular weight is 225 g/mol. The van der Waals surface area contributed by atoms with Crippen molar-refractivity contribution in [2.75, 3.05) is 13.1 Å². The quantitative estimate of drug-likeness (QED) is 0.644. The van der Waals surface area contributed by atoms with Crippen LogP contribution in [0.25, 0.3) is 0 Å². The Balaban J connectivity index is 2.02. The second kappa shape index (κ2) is 5.08. The van der Waals surface area contributed by atoms with Crippen LogP contribution in [-0.4, -0.2) is 23.5 Å². The molecule has 1 rings (SSSR count). The van der Waals surface area contributed by atoms with Gasteiger partial charge in [-0.15, -0.1) is 0 Å². The summed E-state index contributed by atoms with van der Waals surface area (Å²) >= 11 is 0. The van der Waals surface area contributed by atoms with Crippen molar-refractivity contribution in [3.8, 4) is 0 Å². The van der Waals surface area contributed by atoms with Gasteiger partial charge in [-0.1, -0.05) is 33.6 Å². The minimum Gasteiger partial charge on any atom is -0.298 e. The summed E-state index contributed by atoms with van der Waals surface area (Å²) in [6.45, 7) is 16.7. The van der Waals surface area contributed by atoms with Crippen LogP contribution in [0.1, 0.15) is 67.2 Å². The van der Waals surface area contributed by atoms with Gasteiger partial charge in [0.2, 0.25) is 0 Å². The number of rotatable bonds is 4. The van der Waals surface area contributed by atoms with Crippen molar-refractivity contribution < 1.29 is 0 Å². The smallest absolute Gasteiger partial charge is 0.0125 e. The fraction of sp³-hybridized carbons (Fsp3) is 1.00. The van der Waals surface area contributed by atoms with Crippen molar-refractivity contribution in [2.24, 2.45) is 11.3 Å². The highest BCUT2D eigenvalue weighted by atomic mass is 15.2. The van der Waals surface area contributed by atoms with E-state index in [0.29, 0.717) is 11.0 Å². The third-order valence-corrected chi connectivity index (χ3v) is 3.70. The van der Waals surface area contributed by atoms with Crippen LogP contribution in [0.15, 0.2) is 0 Å². The van der Waals surface area contributed by atoms with E-state index in [2.05, 4.69) is 46.4 Å². The topological polar surface area (TPSA) is 3.24 Å². The largest absolute Gasteiger partial charge is 0.298 e. The first-order chi connectivity index (χ1) is 7.18. The van der Waals surface area contributed by atoms with Gasteiger partial charge in [0.1, 0.15) is 0 Å². The Kier molecular flexibility index (Phi) is 4.45. The molecule has 0 aromatic heterocycles. The summed E-state index contributed by atoms with van der Waals surface area (Å²) < 4.78 is 0. The van der Waals surface area contributed by atoms with Crippen LogP contribution in [0.3, 0.4) is 0 Å². The Labute approximate surface area is 103 Å². The third kappa shape index (κ3) is 4.86. The molecule has 0 unspecified atom stereocenters. The molecule has 16 heavy (non-hydrogen) atoms. The first kappa shape index (κ1) is 14.0. The van der Waals surface area contributed by atoms with Crippen molar-refractivity contribution in [3.63, 3.8) is 0 Å². The molecule has 0 atom stereocenters. The van der Waals surface area contributed by atoms with Gasteiger partial charge in [0.05, 0.1) is 0 Å². The summed E-state index contributed by atoms with van der Waals surface area (Å²) in [6.07, 6.45) is 5.67. The maximum atomic E-state index is 2.60. The van der Waals surface area contributed by atoms with Crippen LogP contribution in [0.5, 0.6) is 0 Å². The Morgan fingerprint density at radius 3 is 1.94 bits per heavy atom. The van der Waals surface area contributed by atoms with Gasteiger partial charge in [-0.3, -0.25) is 4.90 Å². The normalized spacial score (nSPS) is 19.9. The lowest BCUT2D eigenvalue weighted by atomic mass is 9.86. The van der Waals surface area contributed by atoms with Gasteiger partial charge in [-0.05, 0) is 44.9 Å². The van der Waals surface area contributed by atoms with E-state index in [-0.39, 0.29) is 0 Å².